The maximum absolute atomic E-state index is 11.8. The van der Waals surface area contributed by atoms with Gasteiger partial charge in [0.15, 0.2) is 9.84 Å². The summed E-state index contributed by atoms with van der Waals surface area (Å²) in [7, 11) is -3.04. The first-order chi connectivity index (χ1) is 9.19. The average molecular weight is 323 g/mol. The van der Waals surface area contributed by atoms with E-state index in [4.69, 9.17) is 4.74 Å². The number of nitrogens with one attached hydrogen (secondary N) is 1. The van der Waals surface area contributed by atoms with Crippen LogP contribution in [0.3, 0.4) is 0 Å². The van der Waals surface area contributed by atoms with Crippen LogP contribution in [0.4, 0.5) is 0 Å². The maximum Gasteiger partial charge on any atom is 0.307 e. The third kappa shape index (κ3) is 6.13. The zero-order chi connectivity index (χ0) is 15.3. The van der Waals surface area contributed by atoms with E-state index in [1.165, 1.54) is 0 Å². The van der Waals surface area contributed by atoms with Crippen LogP contribution in [0.2, 0.25) is 0 Å². The van der Waals surface area contributed by atoms with Gasteiger partial charge in [-0.3, -0.25) is 9.59 Å². The van der Waals surface area contributed by atoms with Crippen LogP contribution in [-0.4, -0.2) is 49.7 Å². The van der Waals surface area contributed by atoms with Crippen LogP contribution < -0.4 is 5.32 Å². The van der Waals surface area contributed by atoms with E-state index < -0.39 is 27.0 Å². The largest absolute Gasteiger partial charge is 0.465 e. The number of esters is 1. The summed E-state index contributed by atoms with van der Waals surface area (Å²) in [5.41, 5.74) is 0. The fourth-order valence-electron chi connectivity index (χ4n) is 1.78. The number of hydrogen-bond donors (Lipinski definition) is 2. The standard InChI is InChI=1S/C12H21NO5S2/c1-8(2)6-18-11(14)5-10(19)12(15)13-9-3-4-20(16,17)7-9/h8-10,19H,3-7H2,1-2H3,(H,13,15)/t9-,10-/m1/s1. The number of thiol groups is 1. The fourth-order valence-corrected chi connectivity index (χ4v) is 3.67. The Bertz CT molecular complexity index is 460. The quantitative estimate of drug-likeness (QED) is 0.537. The smallest absolute Gasteiger partial charge is 0.307 e. The Hall–Kier alpha value is -0.760. The van der Waals surface area contributed by atoms with Crippen LogP contribution >= 0.6 is 12.6 Å². The highest BCUT2D eigenvalue weighted by molar-refractivity contribution is 7.91. The summed E-state index contributed by atoms with van der Waals surface area (Å²) in [5.74, 6) is -0.637. The lowest BCUT2D eigenvalue weighted by Crippen LogP contribution is -2.41. The first kappa shape index (κ1) is 17.3. The molecule has 1 heterocycles. The molecule has 0 aliphatic carbocycles. The zero-order valence-electron chi connectivity index (χ0n) is 11.7. The molecule has 1 aliphatic rings. The van der Waals surface area contributed by atoms with Crippen molar-refractivity contribution in [2.45, 2.75) is 38.0 Å². The minimum Gasteiger partial charge on any atom is -0.465 e. The van der Waals surface area contributed by atoms with Crippen molar-refractivity contribution in [1.82, 2.24) is 5.32 Å². The molecule has 1 amide bonds. The van der Waals surface area contributed by atoms with E-state index in [9.17, 15) is 18.0 Å². The summed E-state index contributed by atoms with van der Waals surface area (Å²) in [6.45, 7) is 4.14. The second-order valence-corrected chi connectivity index (χ2v) is 8.26. The summed E-state index contributed by atoms with van der Waals surface area (Å²) in [4.78, 5) is 23.2. The van der Waals surface area contributed by atoms with E-state index in [-0.39, 0.29) is 29.9 Å². The van der Waals surface area contributed by atoms with E-state index in [1.807, 2.05) is 13.8 Å². The van der Waals surface area contributed by atoms with Crippen LogP contribution in [0, 0.1) is 5.92 Å². The van der Waals surface area contributed by atoms with E-state index in [0.29, 0.717) is 13.0 Å². The van der Waals surface area contributed by atoms with Gasteiger partial charge in [0.05, 0.1) is 29.8 Å². The third-order valence-corrected chi connectivity index (χ3v) is 5.00. The lowest BCUT2D eigenvalue weighted by atomic mass is 10.2. The summed E-state index contributed by atoms with van der Waals surface area (Å²) in [5, 5.41) is 1.78. The number of rotatable bonds is 6. The van der Waals surface area contributed by atoms with Crippen LogP contribution in [0.1, 0.15) is 26.7 Å². The van der Waals surface area contributed by atoms with Crippen molar-refractivity contribution in [3.63, 3.8) is 0 Å². The Morgan fingerprint density at radius 1 is 1.40 bits per heavy atom. The van der Waals surface area contributed by atoms with Crippen molar-refractivity contribution in [1.29, 1.82) is 0 Å². The molecule has 1 rings (SSSR count). The highest BCUT2D eigenvalue weighted by atomic mass is 32.2. The zero-order valence-corrected chi connectivity index (χ0v) is 13.4. The molecule has 0 saturated carbocycles. The molecular formula is C12H21NO5S2. The molecule has 1 N–H and O–H groups in total. The average Bonchev–Trinajstić information content (AvgIpc) is 2.65. The summed E-state index contributed by atoms with van der Waals surface area (Å²) >= 11 is 4.06. The molecule has 0 aromatic rings. The van der Waals surface area contributed by atoms with Gasteiger partial charge in [-0.15, -0.1) is 0 Å². The lowest BCUT2D eigenvalue weighted by molar-refractivity contribution is -0.145. The van der Waals surface area contributed by atoms with Gasteiger partial charge in [0.25, 0.3) is 0 Å². The normalized spacial score (nSPS) is 22.5. The fraction of sp³-hybridized carbons (Fsp3) is 0.833. The molecule has 2 atom stereocenters. The predicted molar refractivity (Wildman–Crippen MR) is 78.4 cm³/mol. The van der Waals surface area contributed by atoms with E-state index in [2.05, 4.69) is 17.9 Å². The van der Waals surface area contributed by atoms with Crippen molar-refractivity contribution >= 4 is 34.3 Å². The molecule has 0 radical (unpaired) electrons. The van der Waals surface area contributed by atoms with Gasteiger partial charge in [-0.1, -0.05) is 13.8 Å². The Morgan fingerprint density at radius 3 is 2.55 bits per heavy atom. The topological polar surface area (TPSA) is 89.5 Å². The molecule has 0 aromatic carbocycles. The number of carbonyl (C=O) groups excluding carboxylic acids is 2. The third-order valence-electron chi connectivity index (χ3n) is 2.82. The number of ether oxygens (including phenoxy) is 1. The van der Waals surface area contributed by atoms with Crippen LogP contribution in [0.25, 0.3) is 0 Å². The minimum absolute atomic E-state index is 0.0446. The van der Waals surface area contributed by atoms with E-state index in [1.54, 1.807) is 0 Å². The van der Waals surface area contributed by atoms with Crippen molar-refractivity contribution in [2.75, 3.05) is 18.1 Å². The predicted octanol–water partition coefficient (Wildman–Crippen LogP) is 0.177. The van der Waals surface area contributed by atoms with Crippen LogP contribution in [0.15, 0.2) is 0 Å². The first-order valence-corrected chi connectivity index (χ1v) is 8.88. The molecule has 6 nitrogen and oxygen atoms in total. The van der Waals surface area contributed by atoms with E-state index in [0.717, 1.165) is 0 Å². The molecule has 116 valence electrons. The Morgan fingerprint density at radius 2 is 2.05 bits per heavy atom. The van der Waals surface area contributed by atoms with Gasteiger partial charge in [0, 0.05) is 6.04 Å². The molecular weight excluding hydrogens is 302 g/mol. The van der Waals surface area contributed by atoms with Gasteiger partial charge in [-0.2, -0.15) is 12.6 Å². The van der Waals surface area contributed by atoms with Gasteiger partial charge in [0.2, 0.25) is 5.91 Å². The summed E-state index contributed by atoms with van der Waals surface area (Å²) in [6, 6.07) is -0.381. The second-order valence-electron chi connectivity index (χ2n) is 5.41. The highest BCUT2D eigenvalue weighted by Crippen LogP contribution is 2.13. The maximum atomic E-state index is 11.8. The molecule has 0 spiro atoms. The van der Waals surface area contributed by atoms with Crippen molar-refractivity contribution in [3.8, 4) is 0 Å². The Kier molecular flexibility index (Phi) is 6.32. The number of hydrogen-bond acceptors (Lipinski definition) is 6. The van der Waals surface area contributed by atoms with Crippen molar-refractivity contribution in [2.24, 2.45) is 5.92 Å². The lowest BCUT2D eigenvalue weighted by Gasteiger charge is -2.15. The van der Waals surface area contributed by atoms with Crippen molar-refractivity contribution < 1.29 is 22.7 Å². The molecule has 1 saturated heterocycles. The van der Waals surface area contributed by atoms with Gasteiger partial charge in [-0.05, 0) is 12.3 Å². The molecule has 1 aliphatic heterocycles. The molecule has 1 fully saturated rings. The second kappa shape index (κ2) is 7.31. The van der Waals surface area contributed by atoms with Crippen LogP contribution in [0.5, 0.6) is 0 Å². The number of sulfone groups is 1. The summed E-state index contributed by atoms with van der Waals surface area (Å²) in [6.07, 6.45) is 0.285. The van der Waals surface area contributed by atoms with Gasteiger partial charge < -0.3 is 10.1 Å². The Balaban J connectivity index is 2.34. The summed E-state index contributed by atoms with van der Waals surface area (Å²) < 4.78 is 27.5. The van der Waals surface area contributed by atoms with Crippen LogP contribution in [-0.2, 0) is 24.2 Å². The first-order valence-electron chi connectivity index (χ1n) is 6.54. The van der Waals surface area contributed by atoms with Gasteiger partial charge in [0.1, 0.15) is 0 Å². The molecule has 20 heavy (non-hydrogen) atoms. The monoisotopic (exact) mass is 323 g/mol. The SMILES string of the molecule is CC(C)COC(=O)C[C@@H](S)C(=O)N[C@@H]1CCS(=O)(=O)C1. The number of amides is 1. The highest BCUT2D eigenvalue weighted by Gasteiger charge is 2.30. The molecule has 8 heteroatoms. The minimum atomic E-state index is -3.04. The molecule has 0 unspecified atom stereocenters. The Labute approximate surface area is 125 Å². The number of carbonyl (C=O) groups is 2. The molecule has 0 aromatic heterocycles. The van der Waals surface area contributed by atoms with E-state index >= 15 is 0 Å². The van der Waals surface area contributed by atoms with Gasteiger partial charge in [-0.25, -0.2) is 8.42 Å². The molecule has 0 bridgehead atoms. The van der Waals surface area contributed by atoms with Gasteiger partial charge >= 0.3 is 5.97 Å². The van der Waals surface area contributed by atoms with Crippen molar-refractivity contribution in [3.05, 3.63) is 0 Å².